The normalized spacial score (nSPS) is 43.5. The molecular formula is C54H85NO14. The van der Waals surface area contributed by atoms with Crippen molar-refractivity contribution in [1.82, 2.24) is 4.90 Å². The molecule has 0 aromatic carbocycles. The van der Waals surface area contributed by atoms with Crippen LogP contribution >= 0.6 is 0 Å². The minimum absolute atomic E-state index is 0.00530. The van der Waals surface area contributed by atoms with Crippen LogP contribution in [0.2, 0.25) is 0 Å². The second kappa shape index (κ2) is 27.4. The van der Waals surface area contributed by atoms with Crippen molar-refractivity contribution in [3.8, 4) is 0 Å². The second-order valence-electron chi connectivity index (χ2n) is 19.5. The summed E-state index contributed by atoms with van der Waals surface area (Å²) in [6.07, 6.45) is 1.64. The number of hydrogen-bond acceptors (Lipinski definition) is 14. The average Bonchev–Trinajstić information content (AvgIpc) is 3.38. The number of piperidine rings is 1. The van der Waals surface area contributed by atoms with Crippen molar-refractivity contribution in [1.29, 1.82) is 0 Å². The Morgan fingerprint density at radius 1 is 0.942 bits per heavy atom. The number of fused-ring (bicyclic) bond motifs is 3. The van der Waals surface area contributed by atoms with Gasteiger partial charge in [0, 0.05) is 65.3 Å². The summed E-state index contributed by atoms with van der Waals surface area (Å²) >= 11 is 0. The standard InChI is InChI=1S/C54H85NO14/c1-32-17-13-12-14-18-33(2)45(64-9)30-41-22-20-37(6)54(63,69-41)51(60)52(61)55-24-16-15-19-42(55)53(62)68-46(35(4)28-40-21-23-44(67-26-25-56)47(29-40)65-10)31-43(57)34(3)27-36(5)48(58)50(66-11)49(59)39(8)38(32)7/h12-14,17-18,27,32,34-35,37-42,44-48,50,56,58,63H,15-16,19-26,28-31H2,1-11H3/b14-12?,17-13+,33-18?,36-27+/t32-,34-,35-,37-,38?,39-,40+,41+,42+,44-,45+,46+,47-,48-,50-,54-/m1/s1/i3D3,9D3,26D2,32D,38D. The molecule has 3 fully saturated rings. The fourth-order valence-corrected chi connectivity index (χ4v) is 9.89. The Kier molecular flexibility index (Phi) is 17.6. The van der Waals surface area contributed by atoms with E-state index in [1.165, 1.54) is 66.0 Å². The number of methoxy groups -OCH3 is 3. The first kappa shape index (κ1) is 44.3. The monoisotopic (exact) mass is 982 g/mol. The number of carbonyl (C=O) groups excluding carboxylic acids is 5. The molecule has 0 aromatic rings. The van der Waals surface area contributed by atoms with Crippen LogP contribution in [0.1, 0.15) is 140 Å². The minimum Gasteiger partial charge on any atom is -0.460 e. The molecule has 390 valence electrons. The van der Waals surface area contributed by atoms with E-state index in [0.717, 1.165) is 18.1 Å². The number of allylic oxidation sites excluding steroid dienone is 6. The predicted octanol–water partition coefficient (Wildman–Crippen LogP) is 6.44. The van der Waals surface area contributed by atoms with Crippen molar-refractivity contribution in [2.24, 2.45) is 41.4 Å². The van der Waals surface area contributed by atoms with Gasteiger partial charge in [0.05, 0.1) is 44.4 Å². The van der Waals surface area contributed by atoms with E-state index in [2.05, 4.69) is 0 Å². The van der Waals surface area contributed by atoms with Gasteiger partial charge in [0.25, 0.3) is 11.7 Å². The summed E-state index contributed by atoms with van der Waals surface area (Å²) in [5.41, 5.74) is 0.243. The lowest BCUT2D eigenvalue weighted by Crippen LogP contribution is -2.61. The highest BCUT2D eigenvalue weighted by molar-refractivity contribution is 6.39. The number of amides is 1. The Bertz CT molecular complexity index is 2250. The lowest BCUT2D eigenvalue weighted by atomic mass is 9.78. The molecule has 1 amide bonds. The predicted molar refractivity (Wildman–Crippen MR) is 261 cm³/mol. The molecule has 16 atom stereocenters. The van der Waals surface area contributed by atoms with Crippen molar-refractivity contribution in [2.45, 2.75) is 181 Å². The van der Waals surface area contributed by atoms with Crippen LogP contribution in [0.25, 0.3) is 0 Å². The van der Waals surface area contributed by atoms with Crippen molar-refractivity contribution in [2.75, 3.05) is 41.0 Å². The topological polar surface area (TPSA) is 205 Å². The molecule has 1 aliphatic carbocycles. The van der Waals surface area contributed by atoms with Crippen molar-refractivity contribution >= 4 is 29.2 Å². The van der Waals surface area contributed by atoms with Gasteiger partial charge in [-0.3, -0.25) is 19.2 Å². The number of ketones is 3. The lowest BCUT2D eigenvalue weighted by molar-refractivity contribution is -0.265. The molecule has 4 aliphatic rings. The lowest BCUT2D eigenvalue weighted by Gasteiger charge is -2.42. The van der Waals surface area contributed by atoms with E-state index in [1.807, 2.05) is 0 Å². The largest absolute Gasteiger partial charge is 0.460 e. The molecule has 69 heavy (non-hydrogen) atoms. The van der Waals surface area contributed by atoms with Gasteiger partial charge in [0.15, 0.2) is 5.78 Å². The fraction of sp³-hybridized carbons (Fsp3) is 0.759. The molecular weight excluding hydrogens is 887 g/mol. The second-order valence-corrected chi connectivity index (χ2v) is 19.5. The van der Waals surface area contributed by atoms with Gasteiger partial charge in [-0.05, 0) is 106 Å². The molecule has 0 radical (unpaired) electrons. The third-order valence-corrected chi connectivity index (χ3v) is 14.8. The Morgan fingerprint density at radius 2 is 1.70 bits per heavy atom. The van der Waals surface area contributed by atoms with Crippen LogP contribution in [0.15, 0.2) is 47.6 Å². The number of ether oxygens (including phenoxy) is 6. The minimum atomic E-state index is -3.06. The highest BCUT2D eigenvalue weighted by Crippen LogP contribution is 2.38. The van der Waals surface area contributed by atoms with Gasteiger partial charge >= 0.3 is 5.97 Å². The van der Waals surface area contributed by atoms with Crippen LogP contribution in [-0.4, -0.2) is 145 Å². The number of Topliss-reactive ketones (excluding diaryl/α,β-unsaturated/α-hetero) is 3. The summed E-state index contributed by atoms with van der Waals surface area (Å²) in [5.74, 6) is -16.8. The molecule has 0 spiro atoms. The number of cyclic esters (lactones) is 1. The maximum atomic E-state index is 14.6. The van der Waals surface area contributed by atoms with E-state index < -0.39 is 153 Å². The molecule has 3 heterocycles. The summed E-state index contributed by atoms with van der Waals surface area (Å²) in [4.78, 5) is 73.3. The molecule has 15 nitrogen and oxygen atoms in total. The average molecular weight is 982 g/mol. The van der Waals surface area contributed by atoms with E-state index in [-0.39, 0.29) is 50.1 Å². The van der Waals surface area contributed by atoms with Gasteiger partial charge in [-0.15, -0.1) is 0 Å². The summed E-state index contributed by atoms with van der Waals surface area (Å²) in [5, 5.41) is 33.3. The number of nitrogens with zero attached hydrogens (tertiary/aromatic N) is 1. The van der Waals surface area contributed by atoms with Crippen molar-refractivity contribution in [3.63, 3.8) is 0 Å². The Balaban J connectivity index is 1.85. The Hall–Kier alpha value is -3.41. The third-order valence-electron chi connectivity index (χ3n) is 14.8. The van der Waals surface area contributed by atoms with E-state index in [1.54, 1.807) is 19.9 Å². The number of aliphatic hydroxyl groups is 3. The van der Waals surface area contributed by atoms with Crippen molar-refractivity contribution < 1.29 is 81.4 Å². The summed E-state index contributed by atoms with van der Waals surface area (Å²) in [7, 11) is -0.334. The zero-order valence-electron chi connectivity index (χ0n) is 51.9. The molecule has 3 N–H and O–H groups in total. The molecule has 3 aliphatic heterocycles. The molecule has 1 saturated carbocycles. The number of rotatable bonds is 9. The van der Waals surface area contributed by atoms with Crippen LogP contribution in [0, 0.1) is 41.4 Å². The smallest absolute Gasteiger partial charge is 0.329 e. The van der Waals surface area contributed by atoms with Gasteiger partial charge in [0.1, 0.15) is 30.1 Å². The van der Waals surface area contributed by atoms with E-state index >= 15 is 0 Å². The third kappa shape index (κ3) is 15.3. The highest BCUT2D eigenvalue weighted by atomic mass is 16.6. The highest BCUT2D eigenvalue weighted by Gasteiger charge is 2.53. The molecule has 15 heteroatoms. The number of aliphatic hydroxyl groups excluding tert-OH is 2. The quantitative estimate of drug-likeness (QED) is 0.129. The van der Waals surface area contributed by atoms with Gasteiger partial charge in [-0.1, -0.05) is 77.9 Å². The SMILES string of the molecule is [2H]C([2H])([2H])O[C@H]1C[C@@H]2CC[C@@H](C)[C@@](O)(O2)C(=O)C(=O)N2CCCC[C@H]2C(=O)O[C@H]([C@H](C)C[C@@H]2CC[C@@H](OC([2H])([2H])CO)[C@H](OC)C2)CC(=O)[C@H](C([2H])([2H])[2H])/C=C(\C)[C@@H](O)[C@@H](OC)C(=O)[C@H](C)C([2H])(C)[C@]([2H])(C)/C=C/C=CC=C1C. The first-order valence-electron chi connectivity index (χ1n) is 29.4. The molecule has 4 rings (SSSR count). The van der Waals surface area contributed by atoms with Gasteiger partial charge in [0.2, 0.25) is 5.79 Å². The van der Waals surface area contributed by atoms with Gasteiger partial charge in [-0.2, -0.15) is 0 Å². The zero-order chi connectivity index (χ0) is 59.8. The van der Waals surface area contributed by atoms with Crippen LogP contribution in [0.5, 0.6) is 0 Å². The van der Waals surface area contributed by atoms with Crippen LogP contribution in [0.3, 0.4) is 0 Å². The number of carbonyl (C=O) groups is 5. The molecule has 1 unspecified atom stereocenters. The van der Waals surface area contributed by atoms with Crippen LogP contribution in [-0.2, 0) is 52.4 Å². The first-order valence-corrected chi connectivity index (χ1v) is 24.4. The van der Waals surface area contributed by atoms with Crippen LogP contribution < -0.4 is 0 Å². The fourth-order valence-electron chi connectivity index (χ4n) is 9.89. The summed E-state index contributed by atoms with van der Waals surface area (Å²) in [6.45, 7) is 3.89. The maximum Gasteiger partial charge on any atom is 0.329 e. The summed E-state index contributed by atoms with van der Waals surface area (Å²) in [6, 6.07) is -1.41. The van der Waals surface area contributed by atoms with Gasteiger partial charge in [-0.25, -0.2) is 4.79 Å². The van der Waals surface area contributed by atoms with Gasteiger partial charge < -0.3 is 48.6 Å². The number of hydrogen-bond donors (Lipinski definition) is 3. The molecule has 2 bridgehead atoms. The Morgan fingerprint density at radius 3 is 2.38 bits per heavy atom. The Labute approximate surface area is 425 Å². The van der Waals surface area contributed by atoms with Crippen LogP contribution in [0.4, 0.5) is 0 Å². The maximum absolute atomic E-state index is 14.6. The van der Waals surface area contributed by atoms with Crippen molar-refractivity contribution in [3.05, 3.63) is 47.6 Å². The van der Waals surface area contributed by atoms with E-state index in [4.69, 9.17) is 39.4 Å². The van der Waals surface area contributed by atoms with E-state index in [0.29, 0.717) is 37.7 Å². The van der Waals surface area contributed by atoms with E-state index in [9.17, 15) is 42.0 Å². The number of esters is 1. The summed E-state index contributed by atoms with van der Waals surface area (Å²) < 4.78 is 118. The molecule has 0 aromatic heterocycles. The molecule has 2 saturated heterocycles. The zero-order valence-corrected chi connectivity index (χ0v) is 41.9. The first-order chi connectivity index (χ1) is 36.4.